The van der Waals surface area contributed by atoms with E-state index in [1.54, 1.807) is 0 Å². The van der Waals surface area contributed by atoms with E-state index in [0.29, 0.717) is 5.41 Å². The lowest BCUT2D eigenvalue weighted by molar-refractivity contribution is 0.0574. The van der Waals surface area contributed by atoms with Gasteiger partial charge in [0.25, 0.3) is 0 Å². The number of fused-ring (bicyclic) bond motifs is 1. The summed E-state index contributed by atoms with van der Waals surface area (Å²) in [6.07, 6.45) is 0. The molecular formula is C12H23N3. The third-order valence-electron chi connectivity index (χ3n) is 4.73. The van der Waals surface area contributed by atoms with Gasteiger partial charge in [-0.25, -0.2) is 0 Å². The average molecular weight is 209 g/mol. The molecule has 0 aliphatic carbocycles. The van der Waals surface area contributed by atoms with Crippen LogP contribution in [0.1, 0.15) is 6.92 Å². The summed E-state index contributed by atoms with van der Waals surface area (Å²) in [6, 6.07) is 0.864. The predicted molar refractivity (Wildman–Crippen MR) is 62.0 cm³/mol. The largest absolute Gasteiger partial charge is 0.305 e. The molecule has 0 bridgehead atoms. The highest BCUT2D eigenvalue weighted by atomic mass is 15.3. The van der Waals surface area contributed by atoms with E-state index in [9.17, 15) is 0 Å². The molecule has 3 fully saturated rings. The molecule has 0 aromatic carbocycles. The fraction of sp³-hybridized carbons (Fsp3) is 1.00. The monoisotopic (exact) mass is 209 g/mol. The molecule has 3 heterocycles. The maximum absolute atomic E-state index is 2.75. The van der Waals surface area contributed by atoms with E-state index in [1.165, 1.54) is 39.3 Å². The topological polar surface area (TPSA) is 9.72 Å². The van der Waals surface area contributed by atoms with E-state index in [-0.39, 0.29) is 0 Å². The number of hydrogen-bond acceptors (Lipinski definition) is 3. The highest BCUT2D eigenvalue weighted by Gasteiger charge is 2.50. The predicted octanol–water partition coefficient (Wildman–Crippen LogP) is 0.184. The van der Waals surface area contributed by atoms with Gasteiger partial charge in [-0.1, -0.05) is 6.92 Å². The zero-order chi connectivity index (χ0) is 10.6. The standard InChI is InChI=1S/C12H23N3/c1-12-8-14(3)4-10(12)5-15(9-12)11-6-13(2)7-11/h10-11H,4-9H2,1-3H3/t10-,12+/m0/s1. The van der Waals surface area contributed by atoms with Crippen LogP contribution in [0.2, 0.25) is 0 Å². The summed E-state index contributed by atoms with van der Waals surface area (Å²) in [5.74, 6) is 0.924. The second-order valence-electron chi connectivity index (χ2n) is 6.35. The van der Waals surface area contributed by atoms with Gasteiger partial charge >= 0.3 is 0 Å². The minimum atomic E-state index is 0.586. The lowest BCUT2D eigenvalue weighted by atomic mass is 9.83. The number of nitrogens with zero attached hydrogens (tertiary/aromatic N) is 3. The van der Waals surface area contributed by atoms with Gasteiger partial charge in [-0.2, -0.15) is 0 Å². The van der Waals surface area contributed by atoms with Crippen molar-refractivity contribution in [1.29, 1.82) is 0 Å². The van der Waals surface area contributed by atoms with Gasteiger partial charge in [0.1, 0.15) is 0 Å². The third-order valence-corrected chi connectivity index (χ3v) is 4.73. The molecule has 15 heavy (non-hydrogen) atoms. The lowest BCUT2D eigenvalue weighted by Crippen LogP contribution is -2.57. The van der Waals surface area contributed by atoms with Crippen LogP contribution < -0.4 is 0 Å². The van der Waals surface area contributed by atoms with Crippen LogP contribution in [0.5, 0.6) is 0 Å². The van der Waals surface area contributed by atoms with Crippen LogP contribution in [0.15, 0.2) is 0 Å². The van der Waals surface area contributed by atoms with Crippen molar-refractivity contribution in [2.24, 2.45) is 11.3 Å². The Kier molecular flexibility index (Phi) is 2.14. The van der Waals surface area contributed by atoms with E-state index >= 15 is 0 Å². The van der Waals surface area contributed by atoms with Crippen molar-refractivity contribution in [1.82, 2.24) is 14.7 Å². The molecule has 0 aromatic rings. The molecule has 0 aromatic heterocycles. The first-order chi connectivity index (χ1) is 7.07. The SMILES string of the molecule is CN1CC(N2C[C@@H]3CN(C)C[C@]3(C)C2)C1. The van der Waals surface area contributed by atoms with Crippen LogP contribution in [-0.4, -0.2) is 74.1 Å². The van der Waals surface area contributed by atoms with E-state index in [4.69, 9.17) is 0 Å². The zero-order valence-electron chi connectivity index (χ0n) is 10.2. The first kappa shape index (κ1) is 10.1. The Balaban J connectivity index is 1.64. The molecule has 0 unspecified atom stereocenters. The number of hydrogen-bond donors (Lipinski definition) is 0. The molecule has 0 spiro atoms. The summed E-state index contributed by atoms with van der Waals surface area (Å²) in [5.41, 5.74) is 0.586. The van der Waals surface area contributed by atoms with E-state index in [2.05, 4.69) is 35.7 Å². The molecule has 3 nitrogen and oxygen atoms in total. The normalized spacial score (nSPS) is 44.6. The first-order valence-corrected chi connectivity index (χ1v) is 6.18. The summed E-state index contributed by atoms with van der Waals surface area (Å²) in [4.78, 5) is 7.68. The molecule has 0 saturated carbocycles. The van der Waals surface area contributed by atoms with Gasteiger partial charge in [0.15, 0.2) is 0 Å². The van der Waals surface area contributed by atoms with E-state index in [0.717, 1.165) is 12.0 Å². The maximum Gasteiger partial charge on any atom is 0.0350 e. The number of rotatable bonds is 1. The van der Waals surface area contributed by atoms with Gasteiger partial charge in [0.05, 0.1) is 0 Å². The highest BCUT2D eigenvalue weighted by Crippen LogP contribution is 2.42. The minimum absolute atomic E-state index is 0.586. The van der Waals surface area contributed by atoms with Gasteiger partial charge in [-0.3, -0.25) is 4.90 Å². The van der Waals surface area contributed by atoms with Crippen molar-refractivity contribution in [3.8, 4) is 0 Å². The van der Waals surface area contributed by atoms with Crippen LogP contribution >= 0.6 is 0 Å². The van der Waals surface area contributed by atoms with Crippen LogP contribution in [0.25, 0.3) is 0 Å². The second kappa shape index (κ2) is 3.19. The molecule has 0 N–H and O–H groups in total. The Bertz CT molecular complexity index is 262. The van der Waals surface area contributed by atoms with Gasteiger partial charge < -0.3 is 9.80 Å². The third kappa shape index (κ3) is 1.52. The zero-order valence-corrected chi connectivity index (χ0v) is 10.2. The van der Waals surface area contributed by atoms with Crippen LogP contribution in [0, 0.1) is 11.3 Å². The first-order valence-electron chi connectivity index (χ1n) is 6.18. The van der Waals surface area contributed by atoms with Gasteiger partial charge in [-0.05, 0) is 25.4 Å². The Morgan fingerprint density at radius 1 is 0.933 bits per heavy atom. The Hall–Kier alpha value is -0.120. The summed E-state index contributed by atoms with van der Waals surface area (Å²) < 4.78 is 0. The minimum Gasteiger partial charge on any atom is -0.305 e. The Labute approximate surface area is 93.0 Å². The smallest absolute Gasteiger partial charge is 0.0350 e. The highest BCUT2D eigenvalue weighted by molar-refractivity contribution is 5.04. The van der Waals surface area contributed by atoms with Crippen molar-refractivity contribution in [3.63, 3.8) is 0 Å². The number of likely N-dealkylation sites (N-methyl/N-ethyl adjacent to an activating group) is 1. The Morgan fingerprint density at radius 2 is 1.67 bits per heavy atom. The summed E-state index contributed by atoms with van der Waals surface area (Å²) >= 11 is 0. The quantitative estimate of drug-likeness (QED) is 0.610. The molecule has 0 radical (unpaired) electrons. The second-order valence-corrected chi connectivity index (χ2v) is 6.35. The lowest BCUT2D eigenvalue weighted by Gasteiger charge is -2.42. The summed E-state index contributed by atoms with van der Waals surface area (Å²) in [5, 5.41) is 0. The Morgan fingerprint density at radius 3 is 2.27 bits per heavy atom. The van der Waals surface area contributed by atoms with E-state index in [1.807, 2.05) is 0 Å². The fourth-order valence-electron chi connectivity index (χ4n) is 3.85. The van der Waals surface area contributed by atoms with Gasteiger partial charge in [-0.15, -0.1) is 0 Å². The molecule has 3 saturated heterocycles. The summed E-state index contributed by atoms with van der Waals surface area (Å²) in [7, 11) is 4.49. The molecule has 3 aliphatic rings. The molecule has 0 amide bonds. The van der Waals surface area contributed by atoms with Crippen LogP contribution in [-0.2, 0) is 0 Å². The van der Waals surface area contributed by atoms with Gasteiger partial charge in [0, 0.05) is 45.3 Å². The van der Waals surface area contributed by atoms with Crippen LogP contribution in [0.4, 0.5) is 0 Å². The van der Waals surface area contributed by atoms with Crippen molar-refractivity contribution in [3.05, 3.63) is 0 Å². The van der Waals surface area contributed by atoms with Crippen molar-refractivity contribution in [2.75, 3.05) is 53.4 Å². The molecule has 86 valence electrons. The molecular weight excluding hydrogens is 186 g/mol. The van der Waals surface area contributed by atoms with E-state index < -0.39 is 0 Å². The molecule has 3 rings (SSSR count). The molecule has 3 aliphatic heterocycles. The maximum atomic E-state index is 2.75. The van der Waals surface area contributed by atoms with Crippen molar-refractivity contribution in [2.45, 2.75) is 13.0 Å². The number of likely N-dealkylation sites (tertiary alicyclic amines) is 3. The average Bonchev–Trinajstić information content (AvgIpc) is 2.49. The van der Waals surface area contributed by atoms with Crippen molar-refractivity contribution < 1.29 is 0 Å². The van der Waals surface area contributed by atoms with Crippen molar-refractivity contribution >= 4 is 0 Å². The fourth-order valence-corrected chi connectivity index (χ4v) is 3.85. The van der Waals surface area contributed by atoms with Crippen LogP contribution in [0.3, 0.4) is 0 Å². The summed E-state index contributed by atoms with van der Waals surface area (Å²) in [6.45, 7) is 10.4. The molecule has 3 heteroatoms. The molecule has 2 atom stereocenters. The van der Waals surface area contributed by atoms with Gasteiger partial charge in [0.2, 0.25) is 0 Å².